The molecule has 0 saturated heterocycles. The Morgan fingerprint density at radius 1 is 1.25 bits per heavy atom. The highest BCUT2D eigenvalue weighted by atomic mass is 32.1. The topological polar surface area (TPSA) is 20.2 Å². The van der Waals surface area contributed by atoms with Crippen LogP contribution in [-0.2, 0) is 19.3 Å². The van der Waals surface area contributed by atoms with Gasteiger partial charge in [-0.05, 0) is 67.5 Å². The van der Waals surface area contributed by atoms with Crippen LogP contribution in [0.2, 0.25) is 0 Å². The summed E-state index contributed by atoms with van der Waals surface area (Å²) in [6.45, 7) is 1.96. The van der Waals surface area contributed by atoms with Crippen molar-refractivity contribution in [3.05, 3.63) is 56.5 Å². The van der Waals surface area contributed by atoms with E-state index in [9.17, 15) is 9.50 Å². The second-order valence-electron chi connectivity index (χ2n) is 5.60. The number of fused-ring (bicyclic) bond motifs is 1. The summed E-state index contributed by atoms with van der Waals surface area (Å²) in [5, 5.41) is 10.4. The van der Waals surface area contributed by atoms with Gasteiger partial charge in [0.15, 0.2) is 0 Å². The van der Waals surface area contributed by atoms with Gasteiger partial charge in [-0.2, -0.15) is 0 Å². The molecule has 1 aromatic carbocycles. The Labute approximate surface area is 123 Å². The fourth-order valence-electron chi connectivity index (χ4n) is 2.85. The van der Waals surface area contributed by atoms with Crippen molar-refractivity contribution in [3.63, 3.8) is 0 Å². The summed E-state index contributed by atoms with van der Waals surface area (Å²) in [5.74, 6) is -0.233. The fourth-order valence-corrected chi connectivity index (χ4v) is 4.09. The van der Waals surface area contributed by atoms with Crippen LogP contribution in [0.5, 0.6) is 0 Å². The van der Waals surface area contributed by atoms with Crippen molar-refractivity contribution in [2.24, 2.45) is 0 Å². The van der Waals surface area contributed by atoms with Crippen LogP contribution in [0, 0.1) is 12.7 Å². The summed E-state index contributed by atoms with van der Waals surface area (Å²) in [4.78, 5) is 2.46. The number of halogens is 1. The minimum atomic E-state index is -0.522. The lowest BCUT2D eigenvalue weighted by Crippen LogP contribution is -2.02. The molecule has 1 aromatic heterocycles. The summed E-state index contributed by atoms with van der Waals surface area (Å²) < 4.78 is 13.3. The van der Waals surface area contributed by atoms with E-state index in [2.05, 4.69) is 6.07 Å². The quantitative estimate of drug-likeness (QED) is 0.891. The molecule has 3 rings (SSSR count). The largest absolute Gasteiger partial charge is 0.387 e. The summed E-state index contributed by atoms with van der Waals surface area (Å²) in [7, 11) is 0. The molecule has 1 aliphatic rings. The van der Waals surface area contributed by atoms with Crippen LogP contribution >= 0.6 is 11.3 Å². The number of aryl methyl sites for hydroxylation is 3. The van der Waals surface area contributed by atoms with Gasteiger partial charge in [0, 0.05) is 16.2 Å². The SMILES string of the molecule is Cc1ccc(F)cc1CC(O)c1cc2c(s1)CCCC2. The number of rotatable bonds is 3. The molecular formula is C17H19FOS. The van der Waals surface area contributed by atoms with Gasteiger partial charge in [0.05, 0.1) is 6.10 Å². The van der Waals surface area contributed by atoms with Crippen molar-refractivity contribution >= 4 is 11.3 Å². The summed E-state index contributed by atoms with van der Waals surface area (Å²) in [5.41, 5.74) is 3.34. The molecule has 1 unspecified atom stereocenters. The maximum absolute atomic E-state index is 13.3. The predicted octanol–water partition coefficient (Wildman–Crippen LogP) is 4.35. The predicted molar refractivity (Wildman–Crippen MR) is 80.8 cm³/mol. The molecule has 1 N–H and O–H groups in total. The van der Waals surface area contributed by atoms with Crippen LogP contribution in [0.1, 0.15) is 45.4 Å². The number of hydrogen-bond donors (Lipinski definition) is 1. The third-order valence-corrected chi connectivity index (χ3v) is 5.41. The molecule has 1 atom stereocenters. The van der Waals surface area contributed by atoms with Gasteiger partial charge < -0.3 is 5.11 Å². The Bertz CT molecular complexity index is 594. The van der Waals surface area contributed by atoms with E-state index in [0.717, 1.165) is 28.8 Å². The van der Waals surface area contributed by atoms with E-state index in [1.807, 2.05) is 6.92 Å². The Morgan fingerprint density at radius 3 is 2.85 bits per heavy atom. The van der Waals surface area contributed by atoms with Crippen LogP contribution in [0.4, 0.5) is 4.39 Å². The standard InChI is InChI=1S/C17H19FOS/c1-11-6-7-14(18)8-13(11)9-15(19)17-10-12-4-2-3-5-16(12)20-17/h6-8,10,15,19H,2-5,9H2,1H3. The normalized spacial score (nSPS) is 15.9. The molecule has 3 heteroatoms. The lowest BCUT2D eigenvalue weighted by molar-refractivity contribution is 0.182. The first kappa shape index (κ1) is 13.8. The van der Waals surface area contributed by atoms with Crippen molar-refractivity contribution in [2.75, 3.05) is 0 Å². The lowest BCUT2D eigenvalue weighted by Gasteiger charge is -2.11. The van der Waals surface area contributed by atoms with Crippen molar-refractivity contribution in [2.45, 2.75) is 45.1 Å². The van der Waals surface area contributed by atoms with E-state index < -0.39 is 6.10 Å². The van der Waals surface area contributed by atoms with Crippen LogP contribution in [0.3, 0.4) is 0 Å². The van der Waals surface area contributed by atoms with Crippen molar-refractivity contribution in [3.8, 4) is 0 Å². The summed E-state index contributed by atoms with van der Waals surface area (Å²) in [6, 6.07) is 6.93. The highest BCUT2D eigenvalue weighted by molar-refractivity contribution is 7.12. The number of aliphatic hydroxyl groups is 1. The third kappa shape index (κ3) is 2.79. The van der Waals surface area contributed by atoms with Crippen LogP contribution in [-0.4, -0.2) is 5.11 Å². The molecular weight excluding hydrogens is 271 g/mol. The zero-order valence-corrected chi connectivity index (χ0v) is 12.5. The smallest absolute Gasteiger partial charge is 0.123 e. The average Bonchev–Trinajstić information content (AvgIpc) is 2.87. The van der Waals surface area contributed by atoms with E-state index in [4.69, 9.17) is 0 Å². The number of aliphatic hydroxyl groups excluding tert-OH is 1. The van der Waals surface area contributed by atoms with Crippen LogP contribution in [0.25, 0.3) is 0 Å². The highest BCUT2D eigenvalue weighted by Crippen LogP contribution is 2.34. The molecule has 0 saturated carbocycles. The molecule has 0 radical (unpaired) electrons. The second kappa shape index (κ2) is 5.66. The zero-order valence-electron chi connectivity index (χ0n) is 11.7. The minimum absolute atomic E-state index is 0.233. The van der Waals surface area contributed by atoms with Crippen molar-refractivity contribution < 1.29 is 9.50 Å². The maximum atomic E-state index is 13.3. The van der Waals surface area contributed by atoms with Gasteiger partial charge in [-0.3, -0.25) is 0 Å². The number of hydrogen-bond acceptors (Lipinski definition) is 2. The summed E-state index contributed by atoms with van der Waals surface area (Å²) in [6.07, 6.45) is 4.76. The Morgan fingerprint density at radius 2 is 2.05 bits per heavy atom. The highest BCUT2D eigenvalue weighted by Gasteiger charge is 2.18. The van der Waals surface area contributed by atoms with Gasteiger partial charge in [-0.25, -0.2) is 4.39 Å². The molecule has 2 aromatic rings. The summed E-state index contributed by atoms with van der Waals surface area (Å²) >= 11 is 1.73. The molecule has 0 spiro atoms. The number of thiophene rings is 1. The van der Waals surface area contributed by atoms with E-state index in [1.54, 1.807) is 17.4 Å². The molecule has 20 heavy (non-hydrogen) atoms. The molecule has 0 bridgehead atoms. The average molecular weight is 290 g/mol. The van der Waals surface area contributed by atoms with Gasteiger partial charge in [-0.15, -0.1) is 11.3 Å². The molecule has 1 heterocycles. The van der Waals surface area contributed by atoms with Gasteiger partial charge in [0.2, 0.25) is 0 Å². The molecule has 1 nitrogen and oxygen atoms in total. The maximum Gasteiger partial charge on any atom is 0.123 e. The zero-order chi connectivity index (χ0) is 14.1. The Balaban J connectivity index is 1.80. The Hall–Kier alpha value is -1.19. The molecule has 0 aliphatic heterocycles. The first-order valence-electron chi connectivity index (χ1n) is 7.18. The van der Waals surface area contributed by atoms with Crippen LogP contribution in [0.15, 0.2) is 24.3 Å². The van der Waals surface area contributed by atoms with Gasteiger partial charge in [0.25, 0.3) is 0 Å². The Kier molecular flexibility index (Phi) is 3.90. The van der Waals surface area contributed by atoms with Crippen LogP contribution < -0.4 is 0 Å². The number of benzene rings is 1. The lowest BCUT2D eigenvalue weighted by atomic mass is 9.97. The minimum Gasteiger partial charge on any atom is -0.387 e. The van der Waals surface area contributed by atoms with E-state index in [-0.39, 0.29) is 5.82 Å². The monoisotopic (exact) mass is 290 g/mol. The van der Waals surface area contributed by atoms with Gasteiger partial charge in [-0.1, -0.05) is 6.07 Å². The van der Waals surface area contributed by atoms with E-state index >= 15 is 0 Å². The van der Waals surface area contributed by atoms with Crippen molar-refractivity contribution in [1.82, 2.24) is 0 Å². The molecule has 106 valence electrons. The van der Waals surface area contributed by atoms with E-state index in [1.165, 1.54) is 35.4 Å². The van der Waals surface area contributed by atoms with E-state index in [0.29, 0.717) is 6.42 Å². The van der Waals surface area contributed by atoms with Gasteiger partial charge >= 0.3 is 0 Å². The fraction of sp³-hybridized carbons (Fsp3) is 0.412. The first-order chi connectivity index (χ1) is 9.63. The molecule has 1 aliphatic carbocycles. The molecule has 0 fully saturated rings. The van der Waals surface area contributed by atoms with Crippen molar-refractivity contribution in [1.29, 1.82) is 0 Å². The third-order valence-electron chi connectivity index (χ3n) is 4.07. The molecule has 0 amide bonds. The second-order valence-corrected chi connectivity index (χ2v) is 6.76. The van der Waals surface area contributed by atoms with Gasteiger partial charge in [0.1, 0.15) is 5.82 Å². The first-order valence-corrected chi connectivity index (χ1v) is 7.99.